The Hall–Kier alpha value is 1.15. The zero-order valence-corrected chi connectivity index (χ0v) is 12.6. The maximum absolute atomic E-state index is 10.6. The van der Waals surface area contributed by atoms with Gasteiger partial charge in [0.15, 0.2) is 0 Å². The van der Waals surface area contributed by atoms with Gasteiger partial charge in [0.05, 0.1) is 20.6 Å². The van der Waals surface area contributed by atoms with Crippen molar-refractivity contribution in [3.05, 3.63) is 22.2 Å². The summed E-state index contributed by atoms with van der Waals surface area (Å²) >= 11 is 11.0. The molecule has 72 valence electrons. The van der Waals surface area contributed by atoms with Gasteiger partial charge in [-0.1, -0.05) is 23.2 Å². The van der Waals surface area contributed by atoms with Gasteiger partial charge in [-0.05, 0) is 12.1 Å². The second-order valence-electron chi connectivity index (χ2n) is 2.26. The molecule has 0 radical (unpaired) electrons. The molecule has 1 aromatic rings. The molecule has 0 unspecified atom stereocenters. The summed E-state index contributed by atoms with van der Waals surface area (Å²) in [5.74, 6) is 0. The van der Waals surface area contributed by atoms with Gasteiger partial charge in [0, 0.05) is 0 Å². The molecule has 0 spiro atoms. The molecule has 0 atom stereocenters. The zero-order valence-electron chi connectivity index (χ0n) is 7.12. The zero-order chi connectivity index (χ0) is 10.2. The van der Waals surface area contributed by atoms with Crippen molar-refractivity contribution in [2.75, 3.05) is 5.73 Å². The second kappa shape index (κ2) is 5.47. The molecular formula is C6H4Cl2KNO3S. The number of benzene rings is 1. The summed E-state index contributed by atoms with van der Waals surface area (Å²) in [7, 11) is -4.59. The minimum atomic E-state index is -4.59. The molecule has 0 aliphatic rings. The molecule has 4 nitrogen and oxygen atoms in total. The number of anilines is 1. The van der Waals surface area contributed by atoms with Crippen LogP contribution in [0.2, 0.25) is 10.0 Å². The smallest absolute Gasteiger partial charge is 0.744 e. The van der Waals surface area contributed by atoms with E-state index in [1.807, 2.05) is 0 Å². The van der Waals surface area contributed by atoms with E-state index >= 15 is 0 Å². The van der Waals surface area contributed by atoms with Crippen molar-refractivity contribution in [1.29, 1.82) is 0 Å². The number of nitrogens with two attached hydrogens (primary N) is 1. The van der Waals surface area contributed by atoms with Gasteiger partial charge >= 0.3 is 51.4 Å². The van der Waals surface area contributed by atoms with Crippen molar-refractivity contribution in [2.45, 2.75) is 4.90 Å². The maximum Gasteiger partial charge on any atom is 1.00 e. The summed E-state index contributed by atoms with van der Waals surface area (Å²) in [5.41, 5.74) is 5.44. The van der Waals surface area contributed by atoms with Crippen LogP contribution in [0.4, 0.5) is 5.69 Å². The summed E-state index contributed by atoms with van der Waals surface area (Å²) in [6.07, 6.45) is 0. The third kappa shape index (κ3) is 3.62. The molecular weight excluding hydrogens is 276 g/mol. The van der Waals surface area contributed by atoms with E-state index < -0.39 is 15.0 Å². The Morgan fingerprint density at radius 3 is 2.14 bits per heavy atom. The van der Waals surface area contributed by atoms with E-state index in [1.165, 1.54) is 0 Å². The number of halogens is 2. The molecule has 0 bridgehead atoms. The summed E-state index contributed by atoms with van der Waals surface area (Å²) in [6.45, 7) is 0. The van der Waals surface area contributed by atoms with E-state index in [4.69, 9.17) is 28.9 Å². The van der Waals surface area contributed by atoms with Crippen LogP contribution < -0.4 is 57.1 Å². The molecule has 0 aliphatic carbocycles. The van der Waals surface area contributed by atoms with Gasteiger partial charge in [-0.3, -0.25) is 0 Å². The molecule has 1 rings (SSSR count). The standard InChI is InChI=1S/C6H5Cl2NO3S.K/c7-3-2-6(13(10,11)12)4(8)1-5(3)9;/h1-2H,9H2,(H,10,11,12);/q;+1/p-1. The minimum absolute atomic E-state index is 0. The Bertz CT molecular complexity index is 449. The van der Waals surface area contributed by atoms with Crippen molar-refractivity contribution in [1.82, 2.24) is 0 Å². The molecule has 2 N–H and O–H groups in total. The van der Waals surface area contributed by atoms with Crippen LogP contribution in [0.15, 0.2) is 17.0 Å². The van der Waals surface area contributed by atoms with E-state index in [2.05, 4.69) is 0 Å². The second-order valence-corrected chi connectivity index (χ2v) is 4.42. The molecule has 0 amide bonds. The monoisotopic (exact) mass is 279 g/mol. The Morgan fingerprint density at radius 1 is 1.21 bits per heavy atom. The Labute approximate surface area is 134 Å². The van der Waals surface area contributed by atoms with Gasteiger partial charge in [-0.2, -0.15) is 0 Å². The molecule has 0 saturated heterocycles. The van der Waals surface area contributed by atoms with E-state index in [1.54, 1.807) is 0 Å². The van der Waals surface area contributed by atoms with Gasteiger partial charge < -0.3 is 10.3 Å². The van der Waals surface area contributed by atoms with E-state index in [0.29, 0.717) is 0 Å². The average molecular weight is 280 g/mol. The predicted octanol–water partition coefficient (Wildman–Crippen LogP) is -1.52. The third-order valence-corrected chi connectivity index (χ3v) is 2.95. The first kappa shape index (κ1) is 15.1. The first-order valence-electron chi connectivity index (χ1n) is 3.03. The van der Waals surface area contributed by atoms with Gasteiger partial charge in [-0.15, -0.1) is 0 Å². The van der Waals surface area contributed by atoms with E-state index in [0.717, 1.165) is 12.1 Å². The number of rotatable bonds is 1. The quantitative estimate of drug-likeness (QED) is 0.385. The van der Waals surface area contributed by atoms with Gasteiger partial charge in [0.25, 0.3) is 0 Å². The van der Waals surface area contributed by atoms with Crippen molar-refractivity contribution in [2.24, 2.45) is 0 Å². The largest absolute Gasteiger partial charge is 1.00 e. The molecule has 0 fully saturated rings. The van der Waals surface area contributed by atoms with Crippen LogP contribution >= 0.6 is 23.2 Å². The molecule has 0 aromatic heterocycles. The number of nitrogen functional groups attached to an aromatic ring is 1. The first-order valence-corrected chi connectivity index (χ1v) is 5.19. The van der Waals surface area contributed by atoms with Crippen LogP contribution in [-0.2, 0) is 10.1 Å². The topological polar surface area (TPSA) is 83.2 Å². The Morgan fingerprint density at radius 2 is 1.71 bits per heavy atom. The van der Waals surface area contributed by atoms with Gasteiger partial charge in [0.1, 0.15) is 10.1 Å². The number of hydrogen-bond donors (Lipinski definition) is 1. The predicted molar refractivity (Wildman–Crippen MR) is 48.8 cm³/mol. The van der Waals surface area contributed by atoms with Crippen LogP contribution in [-0.4, -0.2) is 13.0 Å². The summed E-state index contributed by atoms with van der Waals surface area (Å²) in [4.78, 5) is -0.562. The van der Waals surface area contributed by atoms with Crippen molar-refractivity contribution < 1.29 is 64.4 Å². The first-order chi connectivity index (χ1) is 5.82. The van der Waals surface area contributed by atoms with Crippen molar-refractivity contribution in [3.8, 4) is 0 Å². The van der Waals surface area contributed by atoms with E-state index in [9.17, 15) is 13.0 Å². The van der Waals surface area contributed by atoms with Gasteiger partial charge in [-0.25, -0.2) is 8.42 Å². The summed E-state index contributed by atoms with van der Waals surface area (Å²) in [6, 6.07) is 2.05. The fourth-order valence-corrected chi connectivity index (χ4v) is 1.98. The third-order valence-electron chi connectivity index (χ3n) is 1.32. The SMILES string of the molecule is Nc1cc(Cl)c(S(=O)(=O)[O-])cc1Cl.[K+]. The molecule has 8 heteroatoms. The van der Waals surface area contributed by atoms with Crippen molar-refractivity contribution in [3.63, 3.8) is 0 Å². The van der Waals surface area contributed by atoms with Crippen LogP contribution in [0, 0.1) is 0 Å². The van der Waals surface area contributed by atoms with Crippen LogP contribution in [0.3, 0.4) is 0 Å². The molecule has 1 aromatic carbocycles. The summed E-state index contributed by atoms with van der Waals surface area (Å²) < 4.78 is 31.7. The van der Waals surface area contributed by atoms with Gasteiger partial charge in [0.2, 0.25) is 0 Å². The Kier molecular flexibility index (Phi) is 5.92. The minimum Gasteiger partial charge on any atom is -0.744 e. The van der Waals surface area contributed by atoms with E-state index in [-0.39, 0.29) is 67.1 Å². The van der Waals surface area contributed by atoms with Crippen LogP contribution in [0.5, 0.6) is 0 Å². The molecule has 14 heavy (non-hydrogen) atoms. The fourth-order valence-electron chi connectivity index (χ4n) is 0.736. The molecule has 0 heterocycles. The number of hydrogen-bond acceptors (Lipinski definition) is 4. The Balaban J connectivity index is 0.00000169. The molecule has 0 aliphatic heterocycles. The van der Waals surface area contributed by atoms with Crippen LogP contribution in [0.25, 0.3) is 0 Å². The fraction of sp³-hybridized carbons (Fsp3) is 0. The molecule has 0 saturated carbocycles. The summed E-state index contributed by atoms with van der Waals surface area (Å²) in [5, 5.41) is -0.240. The normalized spacial score (nSPS) is 10.8. The van der Waals surface area contributed by atoms with Crippen LogP contribution in [0.1, 0.15) is 0 Å². The average Bonchev–Trinajstić information content (AvgIpc) is 1.94. The van der Waals surface area contributed by atoms with Crippen molar-refractivity contribution >= 4 is 39.0 Å². The maximum atomic E-state index is 10.6.